The first-order valence-electron chi connectivity index (χ1n) is 4.20. The van der Waals surface area contributed by atoms with Gasteiger partial charge in [-0.3, -0.25) is 0 Å². The van der Waals surface area contributed by atoms with Gasteiger partial charge in [0.05, 0.1) is 5.88 Å². The maximum atomic E-state index is 9.37. The van der Waals surface area contributed by atoms with E-state index in [0.29, 0.717) is 5.88 Å². The number of hydrogen-bond donors (Lipinski definition) is 1. The fourth-order valence-electron chi connectivity index (χ4n) is 1.17. The summed E-state index contributed by atoms with van der Waals surface area (Å²) < 4.78 is 0. The normalized spacial score (nSPS) is 10.3. The highest BCUT2D eigenvalue weighted by atomic mass is 79.9. The summed E-state index contributed by atoms with van der Waals surface area (Å²) in [5.41, 5.74) is 2.04. The van der Waals surface area contributed by atoms with Crippen molar-refractivity contribution in [3.63, 3.8) is 0 Å². The van der Waals surface area contributed by atoms with Gasteiger partial charge in [0.25, 0.3) is 0 Å². The molecule has 0 unspecified atom stereocenters. The Morgan fingerprint density at radius 2 is 2.15 bits per heavy atom. The maximum absolute atomic E-state index is 9.37. The summed E-state index contributed by atoms with van der Waals surface area (Å²) >= 11 is 9.05. The van der Waals surface area contributed by atoms with Crippen LogP contribution in [-0.4, -0.2) is 10.4 Å². The van der Waals surface area contributed by atoms with Gasteiger partial charge in [0.15, 0.2) is 0 Å². The van der Waals surface area contributed by atoms with Crippen molar-refractivity contribution in [1.82, 2.24) is 0 Å². The van der Waals surface area contributed by atoms with E-state index in [2.05, 4.69) is 15.9 Å². The van der Waals surface area contributed by atoms with Crippen LogP contribution < -0.4 is 0 Å². The van der Waals surface area contributed by atoms with Gasteiger partial charge in [-0.1, -0.05) is 28.1 Å². The second-order valence-electron chi connectivity index (χ2n) is 2.89. The van der Waals surface area contributed by atoms with Gasteiger partial charge in [-0.15, -0.1) is 11.6 Å². The van der Waals surface area contributed by atoms with E-state index >= 15 is 0 Å². The van der Waals surface area contributed by atoms with E-state index in [1.807, 2.05) is 12.1 Å². The van der Waals surface area contributed by atoms with E-state index in [0.717, 1.165) is 23.7 Å². The highest BCUT2D eigenvalue weighted by molar-refractivity contribution is 9.09. The number of halogens is 2. The van der Waals surface area contributed by atoms with Gasteiger partial charge in [0.2, 0.25) is 0 Å². The van der Waals surface area contributed by atoms with E-state index in [1.54, 1.807) is 6.07 Å². The third-order valence-corrected chi connectivity index (χ3v) is 2.74. The summed E-state index contributed by atoms with van der Waals surface area (Å²) in [4.78, 5) is 0. The van der Waals surface area contributed by atoms with Crippen LogP contribution >= 0.6 is 27.5 Å². The van der Waals surface area contributed by atoms with Gasteiger partial charge >= 0.3 is 0 Å². The number of benzene rings is 1. The number of hydrogen-bond acceptors (Lipinski definition) is 1. The highest BCUT2D eigenvalue weighted by Crippen LogP contribution is 2.21. The zero-order valence-corrected chi connectivity index (χ0v) is 9.61. The number of phenolic OH excluding ortho intramolecular Hbond substituents is 1. The van der Waals surface area contributed by atoms with Crippen LogP contribution in [0.5, 0.6) is 5.75 Å². The van der Waals surface area contributed by atoms with Crippen molar-refractivity contribution >= 4 is 27.5 Å². The molecule has 1 aromatic carbocycles. The molecule has 13 heavy (non-hydrogen) atoms. The fraction of sp³-hybridized carbons (Fsp3) is 0.400. The molecule has 1 N–H and O–H groups in total. The SMILES string of the molecule is Oc1ccc(CCCBr)cc1CCl. The Hall–Kier alpha value is -0.210. The monoisotopic (exact) mass is 262 g/mol. The molecule has 0 aromatic heterocycles. The van der Waals surface area contributed by atoms with E-state index in [-0.39, 0.29) is 5.75 Å². The molecule has 0 fully saturated rings. The van der Waals surface area contributed by atoms with Crippen molar-refractivity contribution in [2.24, 2.45) is 0 Å². The van der Waals surface area contributed by atoms with Crippen molar-refractivity contribution < 1.29 is 5.11 Å². The van der Waals surface area contributed by atoms with Crippen LogP contribution in [-0.2, 0) is 12.3 Å². The van der Waals surface area contributed by atoms with Crippen LogP contribution in [0, 0.1) is 0 Å². The first kappa shape index (κ1) is 10.9. The van der Waals surface area contributed by atoms with Crippen LogP contribution in [0.15, 0.2) is 18.2 Å². The topological polar surface area (TPSA) is 20.2 Å². The molecular formula is C10H12BrClO. The van der Waals surface area contributed by atoms with Gasteiger partial charge in [0.1, 0.15) is 5.75 Å². The molecule has 72 valence electrons. The molecule has 1 rings (SSSR count). The molecule has 0 amide bonds. The lowest BCUT2D eigenvalue weighted by Gasteiger charge is -2.04. The molecule has 0 saturated carbocycles. The molecule has 0 bridgehead atoms. The third-order valence-electron chi connectivity index (χ3n) is 1.89. The van der Waals surface area contributed by atoms with E-state index in [4.69, 9.17) is 11.6 Å². The Labute approximate surface area is 91.9 Å². The molecule has 1 aromatic rings. The molecule has 0 radical (unpaired) electrons. The van der Waals surface area contributed by atoms with Crippen LogP contribution in [0.1, 0.15) is 17.5 Å². The van der Waals surface area contributed by atoms with Gasteiger partial charge in [-0.2, -0.15) is 0 Å². The average Bonchev–Trinajstić information content (AvgIpc) is 2.16. The zero-order chi connectivity index (χ0) is 9.68. The molecule has 0 saturated heterocycles. The molecule has 0 aliphatic rings. The molecular weight excluding hydrogens is 251 g/mol. The summed E-state index contributed by atoms with van der Waals surface area (Å²) in [6.45, 7) is 0. The Bertz CT molecular complexity index is 276. The minimum absolute atomic E-state index is 0.289. The second-order valence-corrected chi connectivity index (χ2v) is 3.95. The summed E-state index contributed by atoms with van der Waals surface area (Å²) in [5.74, 6) is 0.658. The Kier molecular flexibility index (Phi) is 4.60. The third kappa shape index (κ3) is 3.20. The molecule has 0 heterocycles. The standard InChI is InChI=1S/C10H12BrClO/c11-5-1-2-8-3-4-10(13)9(6-8)7-12/h3-4,6,13H,1-2,5,7H2. The minimum atomic E-state index is 0.289. The number of alkyl halides is 2. The highest BCUT2D eigenvalue weighted by Gasteiger charge is 2.00. The first-order chi connectivity index (χ1) is 6.27. The average molecular weight is 264 g/mol. The lowest BCUT2D eigenvalue weighted by Crippen LogP contribution is -1.88. The zero-order valence-electron chi connectivity index (χ0n) is 7.26. The van der Waals surface area contributed by atoms with E-state index < -0.39 is 0 Å². The lowest BCUT2D eigenvalue weighted by atomic mass is 10.1. The maximum Gasteiger partial charge on any atom is 0.119 e. The lowest BCUT2D eigenvalue weighted by molar-refractivity contribution is 0.470. The van der Waals surface area contributed by atoms with Crippen LogP contribution in [0.2, 0.25) is 0 Å². The Morgan fingerprint density at radius 3 is 2.77 bits per heavy atom. The van der Waals surface area contributed by atoms with Crippen LogP contribution in [0.25, 0.3) is 0 Å². The Morgan fingerprint density at radius 1 is 1.38 bits per heavy atom. The van der Waals surface area contributed by atoms with Crippen molar-refractivity contribution in [2.45, 2.75) is 18.7 Å². The quantitative estimate of drug-likeness (QED) is 0.825. The van der Waals surface area contributed by atoms with Crippen molar-refractivity contribution in [1.29, 1.82) is 0 Å². The number of rotatable bonds is 4. The number of phenols is 1. The minimum Gasteiger partial charge on any atom is -0.508 e. The predicted molar refractivity (Wildman–Crippen MR) is 59.8 cm³/mol. The van der Waals surface area contributed by atoms with Crippen molar-refractivity contribution in [2.75, 3.05) is 5.33 Å². The summed E-state index contributed by atoms with van der Waals surface area (Å²) in [5, 5.41) is 10.4. The molecule has 1 nitrogen and oxygen atoms in total. The van der Waals surface area contributed by atoms with Crippen LogP contribution in [0.4, 0.5) is 0 Å². The molecule has 0 spiro atoms. The fourth-order valence-corrected chi connectivity index (χ4v) is 1.67. The van der Waals surface area contributed by atoms with Gasteiger partial charge in [-0.25, -0.2) is 0 Å². The molecule has 0 aliphatic carbocycles. The molecule has 0 atom stereocenters. The number of aryl methyl sites for hydroxylation is 1. The largest absolute Gasteiger partial charge is 0.508 e. The number of aromatic hydroxyl groups is 1. The van der Waals surface area contributed by atoms with Crippen LogP contribution in [0.3, 0.4) is 0 Å². The first-order valence-corrected chi connectivity index (χ1v) is 5.86. The molecule has 0 aliphatic heterocycles. The van der Waals surface area contributed by atoms with Gasteiger partial charge in [-0.05, 0) is 24.5 Å². The summed E-state index contributed by atoms with van der Waals surface area (Å²) in [7, 11) is 0. The molecule has 3 heteroatoms. The van der Waals surface area contributed by atoms with Crippen molar-refractivity contribution in [3.05, 3.63) is 29.3 Å². The summed E-state index contributed by atoms with van der Waals surface area (Å²) in [6.07, 6.45) is 2.13. The van der Waals surface area contributed by atoms with E-state index in [1.165, 1.54) is 5.56 Å². The summed E-state index contributed by atoms with van der Waals surface area (Å²) in [6, 6.07) is 5.61. The van der Waals surface area contributed by atoms with Gasteiger partial charge < -0.3 is 5.11 Å². The predicted octanol–water partition coefficient (Wildman–Crippen LogP) is 3.46. The van der Waals surface area contributed by atoms with Gasteiger partial charge in [0, 0.05) is 10.9 Å². The smallest absolute Gasteiger partial charge is 0.119 e. The Balaban J connectivity index is 2.74. The van der Waals surface area contributed by atoms with E-state index in [9.17, 15) is 5.11 Å². The van der Waals surface area contributed by atoms with Crippen molar-refractivity contribution in [3.8, 4) is 5.75 Å². The second kappa shape index (κ2) is 5.51.